The van der Waals surface area contributed by atoms with Gasteiger partial charge in [-0.3, -0.25) is 9.59 Å². The minimum absolute atomic E-state index is 0.0683. The molecule has 1 N–H and O–H groups in total. The number of hydrogen-bond donors (Lipinski definition) is 1. The van der Waals surface area contributed by atoms with E-state index in [4.69, 9.17) is 9.47 Å². The molecule has 1 aliphatic heterocycles. The topological polar surface area (TPSA) is 84.9 Å². The van der Waals surface area contributed by atoms with Crippen LogP contribution in [0.2, 0.25) is 0 Å². The van der Waals surface area contributed by atoms with Gasteiger partial charge in [-0.2, -0.15) is 0 Å². The van der Waals surface area contributed by atoms with Crippen molar-refractivity contribution < 1.29 is 23.9 Å². The van der Waals surface area contributed by atoms with E-state index >= 15 is 0 Å². The Hall–Kier alpha value is -3.35. The lowest BCUT2D eigenvalue weighted by Gasteiger charge is -2.19. The number of ether oxygens (including phenoxy) is 2. The minimum atomic E-state index is -0.523. The lowest BCUT2D eigenvalue weighted by atomic mass is 10.1. The van der Waals surface area contributed by atoms with Gasteiger partial charge in [0.15, 0.2) is 0 Å². The van der Waals surface area contributed by atoms with Gasteiger partial charge in [0, 0.05) is 18.7 Å². The molecule has 7 heteroatoms. The number of para-hydroxylation sites is 1. The van der Waals surface area contributed by atoms with Crippen LogP contribution in [0.5, 0.6) is 5.75 Å². The molecular formula is C22H24N2O5. The van der Waals surface area contributed by atoms with Gasteiger partial charge in [0.05, 0.1) is 30.4 Å². The number of nitrogens with one attached hydrogen (secondary N) is 1. The Morgan fingerprint density at radius 1 is 1.10 bits per heavy atom. The number of carbonyl (C=O) groups is 3. The molecule has 7 nitrogen and oxygen atoms in total. The minimum Gasteiger partial charge on any atom is -0.491 e. The van der Waals surface area contributed by atoms with Crippen LogP contribution in [0.1, 0.15) is 30.6 Å². The third kappa shape index (κ3) is 4.74. The Bertz CT molecular complexity index is 908. The van der Waals surface area contributed by atoms with Crippen LogP contribution in [-0.4, -0.2) is 37.5 Å². The van der Waals surface area contributed by atoms with Crippen molar-refractivity contribution in [2.45, 2.75) is 26.4 Å². The summed E-state index contributed by atoms with van der Waals surface area (Å²) in [6.07, 6.45) is 0.148. The smallest absolute Gasteiger partial charge is 0.339 e. The van der Waals surface area contributed by atoms with Gasteiger partial charge >= 0.3 is 5.97 Å². The molecule has 1 heterocycles. The van der Waals surface area contributed by atoms with E-state index in [2.05, 4.69) is 5.32 Å². The highest BCUT2D eigenvalue weighted by Gasteiger charge is 2.36. The molecular weight excluding hydrogens is 372 g/mol. The summed E-state index contributed by atoms with van der Waals surface area (Å²) < 4.78 is 10.4. The molecule has 3 rings (SSSR count). The number of amides is 2. The maximum atomic E-state index is 12.7. The van der Waals surface area contributed by atoms with Gasteiger partial charge in [0.25, 0.3) is 0 Å². The summed E-state index contributed by atoms with van der Waals surface area (Å²) in [6, 6.07) is 13.8. The predicted molar refractivity (Wildman–Crippen MR) is 109 cm³/mol. The molecule has 1 aliphatic rings. The van der Waals surface area contributed by atoms with E-state index in [1.165, 1.54) is 12.0 Å². The van der Waals surface area contributed by atoms with Gasteiger partial charge in [0.2, 0.25) is 11.8 Å². The van der Waals surface area contributed by atoms with E-state index in [9.17, 15) is 14.4 Å². The summed E-state index contributed by atoms with van der Waals surface area (Å²) in [4.78, 5) is 38.7. The number of anilines is 2. The zero-order valence-corrected chi connectivity index (χ0v) is 16.7. The second-order valence-electron chi connectivity index (χ2n) is 7.09. The predicted octanol–water partition coefficient (Wildman–Crippen LogP) is 3.25. The molecule has 1 saturated heterocycles. The molecule has 2 aromatic rings. The zero-order valence-electron chi connectivity index (χ0n) is 16.7. The Morgan fingerprint density at radius 3 is 2.45 bits per heavy atom. The maximum absolute atomic E-state index is 12.7. The highest BCUT2D eigenvalue weighted by molar-refractivity contribution is 6.07. The zero-order chi connectivity index (χ0) is 21.0. The van der Waals surface area contributed by atoms with Crippen LogP contribution in [0.25, 0.3) is 0 Å². The molecule has 2 aromatic carbocycles. The van der Waals surface area contributed by atoms with E-state index in [0.29, 0.717) is 16.9 Å². The number of hydrogen-bond acceptors (Lipinski definition) is 5. The van der Waals surface area contributed by atoms with Gasteiger partial charge in [-0.15, -0.1) is 0 Å². The Morgan fingerprint density at radius 2 is 1.79 bits per heavy atom. The highest BCUT2D eigenvalue weighted by atomic mass is 16.5. The number of carbonyl (C=O) groups excluding carboxylic acids is 3. The summed E-state index contributed by atoms with van der Waals surface area (Å²) >= 11 is 0. The Balaban J connectivity index is 1.69. The number of benzene rings is 2. The largest absolute Gasteiger partial charge is 0.491 e. The lowest BCUT2D eigenvalue weighted by Crippen LogP contribution is -2.29. The standard InChI is InChI=1S/C22H24N2O5/c1-14(2)29-17-10-8-16(9-11-17)23-21(26)15-12-20(25)24(13-15)19-7-5-4-6-18(19)22(27)28-3/h4-11,14-15H,12-13H2,1-3H3,(H,23,26). The molecule has 1 fully saturated rings. The highest BCUT2D eigenvalue weighted by Crippen LogP contribution is 2.29. The fourth-order valence-corrected chi connectivity index (χ4v) is 3.24. The monoisotopic (exact) mass is 396 g/mol. The van der Waals surface area contributed by atoms with E-state index in [-0.39, 0.29) is 30.9 Å². The number of esters is 1. The number of rotatable bonds is 6. The molecule has 1 unspecified atom stereocenters. The average molecular weight is 396 g/mol. The van der Waals surface area contributed by atoms with Crippen LogP contribution in [0.4, 0.5) is 11.4 Å². The van der Waals surface area contributed by atoms with Crippen molar-refractivity contribution in [3.8, 4) is 5.75 Å². The van der Waals surface area contributed by atoms with Crippen LogP contribution in [0, 0.1) is 5.92 Å². The molecule has 0 radical (unpaired) electrons. The molecule has 2 amide bonds. The molecule has 29 heavy (non-hydrogen) atoms. The quantitative estimate of drug-likeness (QED) is 0.758. The van der Waals surface area contributed by atoms with Crippen LogP contribution in [-0.2, 0) is 14.3 Å². The molecule has 1 atom stereocenters. The third-order valence-electron chi connectivity index (χ3n) is 4.59. The number of methoxy groups -OCH3 is 1. The SMILES string of the molecule is COC(=O)c1ccccc1N1CC(C(=O)Nc2ccc(OC(C)C)cc2)CC1=O. The van der Waals surface area contributed by atoms with Gasteiger partial charge in [-0.25, -0.2) is 4.79 Å². The maximum Gasteiger partial charge on any atom is 0.339 e. The first-order chi connectivity index (χ1) is 13.9. The van der Waals surface area contributed by atoms with Crippen molar-refractivity contribution in [3.63, 3.8) is 0 Å². The molecule has 0 bridgehead atoms. The number of nitrogens with zero attached hydrogens (tertiary/aromatic N) is 1. The van der Waals surface area contributed by atoms with Crippen molar-refractivity contribution in [1.29, 1.82) is 0 Å². The summed E-state index contributed by atoms with van der Waals surface area (Å²) in [5.41, 5.74) is 1.38. The molecule has 0 saturated carbocycles. The van der Waals surface area contributed by atoms with Crippen LogP contribution in [0.15, 0.2) is 48.5 Å². The van der Waals surface area contributed by atoms with Gasteiger partial charge < -0.3 is 19.7 Å². The lowest BCUT2D eigenvalue weighted by molar-refractivity contribution is -0.122. The van der Waals surface area contributed by atoms with Crippen LogP contribution in [0.3, 0.4) is 0 Å². The van der Waals surface area contributed by atoms with Crippen molar-refractivity contribution in [3.05, 3.63) is 54.1 Å². The van der Waals surface area contributed by atoms with Crippen molar-refractivity contribution in [2.75, 3.05) is 23.9 Å². The van der Waals surface area contributed by atoms with E-state index in [1.807, 2.05) is 13.8 Å². The molecule has 0 aromatic heterocycles. The summed E-state index contributed by atoms with van der Waals surface area (Å²) in [7, 11) is 1.29. The first-order valence-corrected chi connectivity index (χ1v) is 9.44. The van der Waals surface area contributed by atoms with Gasteiger partial charge in [0.1, 0.15) is 5.75 Å². The summed E-state index contributed by atoms with van der Waals surface area (Å²) in [5.74, 6) is -0.763. The van der Waals surface area contributed by atoms with Crippen LogP contribution < -0.4 is 15.0 Å². The van der Waals surface area contributed by atoms with Crippen molar-refractivity contribution in [1.82, 2.24) is 0 Å². The van der Waals surface area contributed by atoms with E-state index in [0.717, 1.165) is 5.75 Å². The summed E-state index contributed by atoms with van der Waals surface area (Å²) in [5, 5.41) is 2.84. The van der Waals surface area contributed by atoms with Crippen molar-refractivity contribution in [2.24, 2.45) is 5.92 Å². The first kappa shape index (κ1) is 20.4. The fourth-order valence-electron chi connectivity index (χ4n) is 3.24. The van der Waals surface area contributed by atoms with Gasteiger partial charge in [-0.1, -0.05) is 12.1 Å². The first-order valence-electron chi connectivity index (χ1n) is 9.44. The van der Waals surface area contributed by atoms with Gasteiger partial charge in [-0.05, 0) is 50.2 Å². The molecule has 0 aliphatic carbocycles. The normalized spacial score (nSPS) is 16.1. The Kier molecular flexibility index (Phi) is 6.16. The Labute approximate surface area is 169 Å². The van der Waals surface area contributed by atoms with E-state index < -0.39 is 11.9 Å². The average Bonchev–Trinajstić information content (AvgIpc) is 3.10. The second kappa shape index (κ2) is 8.77. The third-order valence-corrected chi connectivity index (χ3v) is 4.59. The molecule has 0 spiro atoms. The van der Waals surface area contributed by atoms with Crippen LogP contribution >= 0.6 is 0 Å². The van der Waals surface area contributed by atoms with Crippen molar-refractivity contribution >= 4 is 29.2 Å². The second-order valence-corrected chi connectivity index (χ2v) is 7.09. The van der Waals surface area contributed by atoms with E-state index in [1.54, 1.807) is 48.5 Å². The summed E-state index contributed by atoms with van der Waals surface area (Å²) in [6.45, 7) is 4.08. The molecule has 152 valence electrons. The fraction of sp³-hybridized carbons (Fsp3) is 0.318.